The molecule has 0 bridgehead atoms. The van der Waals surface area contributed by atoms with Crippen molar-refractivity contribution in [3.63, 3.8) is 0 Å². The normalized spacial score (nSPS) is 13.7. The highest BCUT2D eigenvalue weighted by Crippen LogP contribution is 2.27. The highest BCUT2D eigenvalue weighted by molar-refractivity contribution is 14.1. The Hall–Kier alpha value is -1.38. The molecule has 0 saturated carbocycles. The molecule has 0 heterocycles. The molecule has 7 heteroatoms. The summed E-state index contributed by atoms with van der Waals surface area (Å²) in [4.78, 5) is 21.3. The minimum Gasteiger partial charge on any atom is -0.481 e. The summed E-state index contributed by atoms with van der Waals surface area (Å²) in [5.74, 6) is -1.58. The van der Waals surface area contributed by atoms with Gasteiger partial charge in [-0.05, 0) is 48.6 Å². The first kappa shape index (κ1) is 14.7. The molecule has 1 aromatic rings. The molecule has 0 fully saturated rings. The fourth-order valence-corrected chi connectivity index (χ4v) is 1.84. The average molecular weight is 364 g/mol. The Balaban J connectivity index is 2.97. The van der Waals surface area contributed by atoms with Crippen LogP contribution in [0.1, 0.15) is 13.8 Å². The number of carbonyl (C=O) groups is 1. The number of nitrogens with one attached hydrogen (secondary N) is 1. The number of nitro benzene ring substituents is 1. The van der Waals surface area contributed by atoms with Crippen LogP contribution < -0.4 is 5.32 Å². The van der Waals surface area contributed by atoms with Crippen LogP contribution in [0.3, 0.4) is 0 Å². The number of hydrogen-bond donors (Lipinski definition) is 2. The van der Waals surface area contributed by atoms with Gasteiger partial charge in [0.2, 0.25) is 0 Å². The maximum absolute atomic E-state index is 10.9. The molecule has 0 spiro atoms. The molecule has 1 aromatic carbocycles. The molecule has 0 radical (unpaired) electrons. The summed E-state index contributed by atoms with van der Waals surface area (Å²) < 4.78 is 0.754. The van der Waals surface area contributed by atoms with E-state index in [1.54, 1.807) is 26.0 Å². The van der Waals surface area contributed by atoms with Crippen molar-refractivity contribution < 1.29 is 14.8 Å². The summed E-state index contributed by atoms with van der Waals surface area (Å²) >= 11 is 1.99. The van der Waals surface area contributed by atoms with Crippen molar-refractivity contribution in [2.24, 2.45) is 5.92 Å². The summed E-state index contributed by atoms with van der Waals surface area (Å²) in [7, 11) is 0. The third kappa shape index (κ3) is 3.56. The largest absolute Gasteiger partial charge is 0.481 e. The minimum absolute atomic E-state index is 0.0497. The summed E-state index contributed by atoms with van der Waals surface area (Å²) in [5.41, 5.74) is 0.285. The molecule has 0 saturated heterocycles. The average Bonchev–Trinajstić information content (AvgIpc) is 2.29. The van der Waals surface area contributed by atoms with Crippen LogP contribution in [0, 0.1) is 19.6 Å². The van der Waals surface area contributed by atoms with Gasteiger partial charge in [-0.1, -0.05) is 0 Å². The van der Waals surface area contributed by atoms with Crippen LogP contribution in [0.2, 0.25) is 0 Å². The standard InChI is InChI=1S/C11H13IN2O4/c1-6(11(15)16)7(2)13-9-4-3-8(12)5-10(9)14(17)18/h3-7,13H,1-2H3,(H,15,16). The van der Waals surface area contributed by atoms with Gasteiger partial charge in [0.05, 0.1) is 10.8 Å². The molecule has 2 atom stereocenters. The van der Waals surface area contributed by atoms with Crippen LogP contribution in [0.5, 0.6) is 0 Å². The van der Waals surface area contributed by atoms with Gasteiger partial charge >= 0.3 is 5.97 Å². The molecule has 0 amide bonds. The van der Waals surface area contributed by atoms with Crippen molar-refractivity contribution in [1.29, 1.82) is 0 Å². The van der Waals surface area contributed by atoms with E-state index in [-0.39, 0.29) is 5.69 Å². The highest BCUT2D eigenvalue weighted by Gasteiger charge is 2.22. The van der Waals surface area contributed by atoms with Crippen molar-refractivity contribution in [2.75, 3.05) is 5.32 Å². The van der Waals surface area contributed by atoms with Crippen molar-refractivity contribution in [1.82, 2.24) is 0 Å². The summed E-state index contributed by atoms with van der Waals surface area (Å²) in [6.07, 6.45) is 0. The molecule has 2 N–H and O–H groups in total. The number of carboxylic acids is 1. The second-order valence-electron chi connectivity index (χ2n) is 3.98. The molecule has 2 unspecified atom stereocenters. The van der Waals surface area contributed by atoms with E-state index in [2.05, 4.69) is 5.32 Å². The SMILES string of the molecule is CC(Nc1ccc(I)cc1[N+](=O)[O-])C(C)C(=O)O. The second kappa shape index (κ2) is 5.98. The third-order valence-corrected chi connectivity index (χ3v) is 3.35. The van der Waals surface area contributed by atoms with E-state index in [1.165, 1.54) is 6.07 Å². The Labute approximate surface area is 118 Å². The zero-order valence-electron chi connectivity index (χ0n) is 9.88. The number of anilines is 1. The van der Waals surface area contributed by atoms with Crippen LogP contribution in [-0.4, -0.2) is 22.0 Å². The predicted molar refractivity (Wildman–Crippen MR) is 75.7 cm³/mol. The molecule has 0 aliphatic heterocycles. The van der Waals surface area contributed by atoms with Gasteiger partial charge in [-0.3, -0.25) is 14.9 Å². The van der Waals surface area contributed by atoms with E-state index >= 15 is 0 Å². The maximum atomic E-state index is 10.9. The quantitative estimate of drug-likeness (QED) is 0.476. The number of halogens is 1. The summed E-state index contributed by atoms with van der Waals surface area (Å²) in [6, 6.07) is 4.36. The molecule has 0 aliphatic rings. The lowest BCUT2D eigenvalue weighted by atomic mass is 10.0. The highest BCUT2D eigenvalue weighted by atomic mass is 127. The van der Waals surface area contributed by atoms with Crippen molar-refractivity contribution >= 4 is 39.9 Å². The van der Waals surface area contributed by atoms with Gasteiger partial charge in [0, 0.05) is 15.7 Å². The monoisotopic (exact) mass is 364 g/mol. The second-order valence-corrected chi connectivity index (χ2v) is 5.22. The zero-order chi connectivity index (χ0) is 13.9. The minimum atomic E-state index is -0.942. The first-order valence-corrected chi connectivity index (χ1v) is 6.34. The van der Waals surface area contributed by atoms with Crippen molar-refractivity contribution in [3.8, 4) is 0 Å². The zero-order valence-corrected chi connectivity index (χ0v) is 12.0. The molecule has 1 rings (SSSR count). The third-order valence-electron chi connectivity index (χ3n) is 2.68. The number of hydrogen-bond acceptors (Lipinski definition) is 4. The summed E-state index contributed by atoms with van der Waals surface area (Å²) in [5, 5.41) is 22.7. The van der Waals surface area contributed by atoms with E-state index in [4.69, 9.17) is 5.11 Å². The van der Waals surface area contributed by atoms with Crippen molar-refractivity contribution in [2.45, 2.75) is 19.9 Å². The van der Waals surface area contributed by atoms with E-state index in [9.17, 15) is 14.9 Å². The maximum Gasteiger partial charge on any atom is 0.308 e. The number of rotatable bonds is 5. The van der Waals surface area contributed by atoms with Crippen LogP contribution >= 0.6 is 22.6 Å². The van der Waals surface area contributed by atoms with Crippen LogP contribution in [0.4, 0.5) is 11.4 Å². The van der Waals surface area contributed by atoms with Gasteiger partial charge in [0.1, 0.15) is 5.69 Å². The molecular formula is C11H13IN2O4. The number of carboxylic acid groups (broad SMARTS) is 1. The van der Waals surface area contributed by atoms with Gasteiger partial charge in [0.25, 0.3) is 5.69 Å². The number of nitro groups is 1. The lowest BCUT2D eigenvalue weighted by Crippen LogP contribution is -2.29. The molecule has 6 nitrogen and oxygen atoms in total. The fourth-order valence-electron chi connectivity index (χ4n) is 1.36. The predicted octanol–water partition coefficient (Wildman–Crippen LogP) is 2.72. The van der Waals surface area contributed by atoms with E-state index in [0.29, 0.717) is 5.69 Å². The number of nitrogens with zero attached hydrogens (tertiary/aromatic N) is 1. The number of aliphatic carboxylic acids is 1. The first-order chi connectivity index (χ1) is 8.32. The van der Waals surface area contributed by atoms with Gasteiger partial charge in [-0.25, -0.2) is 0 Å². The van der Waals surface area contributed by atoms with Gasteiger partial charge in [-0.2, -0.15) is 0 Å². The van der Waals surface area contributed by atoms with Crippen LogP contribution in [-0.2, 0) is 4.79 Å². The Morgan fingerprint density at radius 1 is 1.50 bits per heavy atom. The molecule has 18 heavy (non-hydrogen) atoms. The van der Waals surface area contributed by atoms with Crippen LogP contribution in [0.15, 0.2) is 18.2 Å². The molecule has 0 aromatic heterocycles. The van der Waals surface area contributed by atoms with E-state index < -0.39 is 22.9 Å². The number of benzene rings is 1. The molecular weight excluding hydrogens is 351 g/mol. The van der Waals surface area contributed by atoms with Gasteiger partial charge < -0.3 is 10.4 Å². The Morgan fingerprint density at radius 2 is 2.11 bits per heavy atom. The Bertz CT molecular complexity index is 478. The lowest BCUT2D eigenvalue weighted by Gasteiger charge is -2.18. The van der Waals surface area contributed by atoms with Gasteiger partial charge in [0.15, 0.2) is 0 Å². The van der Waals surface area contributed by atoms with Gasteiger partial charge in [-0.15, -0.1) is 0 Å². The van der Waals surface area contributed by atoms with Crippen LogP contribution in [0.25, 0.3) is 0 Å². The summed E-state index contributed by atoms with van der Waals surface area (Å²) in [6.45, 7) is 3.24. The van der Waals surface area contributed by atoms with E-state index in [0.717, 1.165) is 3.57 Å². The fraction of sp³-hybridized carbons (Fsp3) is 0.364. The Kier molecular flexibility index (Phi) is 4.88. The molecule has 0 aliphatic carbocycles. The first-order valence-electron chi connectivity index (χ1n) is 5.26. The van der Waals surface area contributed by atoms with E-state index in [1.807, 2.05) is 22.6 Å². The molecule has 98 valence electrons. The Morgan fingerprint density at radius 3 is 2.61 bits per heavy atom. The lowest BCUT2D eigenvalue weighted by molar-refractivity contribution is -0.384. The smallest absolute Gasteiger partial charge is 0.308 e. The topological polar surface area (TPSA) is 92.5 Å². The van der Waals surface area contributed by atoms with Crippen molar-refractivity contribution in [3.05, 3.63) is 31.9 Å².